The Hall–Kier alpha value is -5.57. The van der Waals surface area contributed by atoms with Crippen LogP contribution < -0.4 is 26.0 Å². The van der Waals surface area contributed by atoms with Crippen molar-refractivity contribution in [2.24, 2.45) is 5.92 Å². The third kappa shape index (κ3) is 11.2. The van der Waals surface area contributed by atoms with Crippen LogP contribution in [0.2, 0.25) is 0 Å². The zero-order chi connectivity index (χ0) is 44.2. The van der Waals surface area contributed by atoms with Crippen molar-refractivity contribution in [3.05, 3.63) is 59.7 Å². The molecule has 2 unspecified atom stereocenters. The van der Waals surface area contributed by atoms with Crippen molar-refractivity contribution in [1.29, 1.82) is 0 Å². The van der Waals surface area contributed by atoms with Gasteiger partial charge in [-0.3, -0.25) is 24.5 Å². The maximum Gasteiger partial charge on any atom is 0.573 e. The van der Waals surface area contributed by atoms with Crippen LogP contribution >= 0.6 is 0 Å². The Morgan fingerprint density at radius 2 is 1.60 bits per heavy atom. The van der Waals surface area contributed by atoms with E-state index in [2.05, 4.69) is 26.0 Å². The number of nitrogens with zero attached hydrogens (tertiary/aromatic N) is 3. The number of anilines is 1. The van der Waals surface area contributed by atoms with Crippen LogP contribution in [0.5, 0.6) is 5.75 Å². The first-order valence-corrected chi connectivity index (χ1v) is 19.3. The molecule has 2 aromatic carbocycles. The zero-order valence-corrected chi connectivity index (χ0v) is 33.4. The highest BCUT2D eigenvalue weighted by molar-refractivity contribution is 5.97. The first kappa shape index (κ1) is 45.5. The van der Waals surface area contributed by atoms with Crippen LogP contribution in [-0.2, 0) is 35.1 Å². The van der Waals surface area contributed by atoms with Gasteiger partial charge < -0.3 is 45.2 Å². The number of amides is 6. The Morgan fingerprint density at radius 3 is 2.23 bits per heavy atom. The molecule has 3 saturated heterocycles. The molecule has 0 saturated carbocycles. The molecule has 2 aromatic rings. The maximum absolute atomic E-state index is 14.5. The average Bonchev–Trinajstić information content (AvgIpc) is 3.82. The minimum atomic E-state index is -4.97. The summed E-state index contributed by atoms with van der Waals surface area (Å²) >= 11 is 0. The van der Waals surface area contributed by atoms with Gasteiger partial charge in [0.15, 0.2) is 0 Å². The third-order valence-electron chi connectivity index (χ3n) is 10.8. The summed E-state index contributed by atoms with van der Waals surface area (Å²) in [5, 5.41) is 21.1. The van der Waals surface area contributed by atoms with Crippen LogP contribution in [0.15, 0.2) is 42.5 Å². The SMILES string of the molecule is C[C@H]1CC2C(=O)O[C@@H](C)[C@H](NC(=O)[C@H](Cc3cc(F)cc(F)c3)NC(=O)Nc3ccc(OC(F)(F)F)cc3)C(=O)N3CCC[C@H]3C(=O)N(C)[C@@H](C)C(O)N[C@@H](C)C(=O)N2C1. The second-order valence-electron chi connectivity index (χ2n) is 15.4. The molecule has 3 aliphatic rings. The molecule has 3 fully saturated rings. The van der Waals surface area contributed by atoms with E-state index in [1.807, 2.05) is 6.92 Å². The van der Waals surface area contributed by atoms with Crippen molar-refractivity contribution in [2.45, 2.75) is 108 Å². The molecule has 0 radical (unpaired) electrons. The number of esters is 1. The summed E-state index contributed by atoms with van der Waals surface area (Å²) < 4.78 is 76.2. The summed E-state index contributed by atoms with van der Waals surface area (Å²) in [6, 6.07) is -2.20. The molecule has 16 nitrogen and oxygen atoms in total. The Bertz CT molecular complexity index is 1920. The molecule has 6 amide bonds. The van der Waals surface area contributed by atoms with Gasteiger partial charge in [0.2, 0.25) is 23.6 Å². The van der Waals surface area contributed by atoms with Gasteiger partial charge in [-0.25, -0.2) is 18.4 Å². The third-order valence-corrected chi connectivity index (χ3v) is 10.8. The van der Waals surface area contributed by atoms with Crippen molar-refractivity contribution in [3.8, 4) is 5.75 Å². The molecule has 0 aliphatic carbocycles. The smallest absolute Gasteiger partial charge is 0.458 e. The van der Waals surface area contributed by atoms with Gasteiger partial charge in [-0.2, -0.15) is 0 Å². The van der Waals surface area contributed by atoms with Crippen molar-refractivity contribution in [2.75, 3.05) is 25.5 Å². The van der Waals surface area contributed by atoms with Gasteiger partial charge in [0.1, 0.15) is 53.9 Å². The second kappa shape index (κ2) is 18.8. The van der Waals surface area contributed by atoms with Gasteiger partial charge in [-0.05, 0) is 87.9 Å². The zero-order valence-electron chi connectivity index (χ0n) is 33.4. The number of halogens is 5. The first-order valence-electron chi connectivity index (χ1n) is 19.3. The number of aliphatic hydroxyl groups is 1. The molecule has 9 atom stereocenters. The van der Waals surface area contributed by atoms with E-state index in [0.717, 1.165) is 36.4 Å². The topological polar surface area (TPSA) is 199 Å². The van der Waals surface area contributed by atoms with Gasteiger partial charge in [0.05, 0.1) is 12.1 Å². The van der Waals surface area contributed by atoms with Crippen molar-refractivity contribution >= 4 is 41.3 Å². The van der Waals surface area contributed by atoms with Crippen LogP contribution in [-0.4, -0.2) is 131 Å². The lowest BCUT2D eigenvalue weighted by molar-refractivity contribution is -0.274. The number of rotatable bonds is 7. The van der Waals surface area contributed by atoms with E-state index in [0.29, 0.717) is 12.5 Å². The van der Waals surface area contributed by atoms with E-state index < -0.39 is 114 Å². The fourth-order valence-electron chi connectivity index (χ4n) is 7.54. The molecule has 0 bridgehead atoms. The van der Waals surface area contributed by atoms with E-state index in [1.54, 1.807) is 6.92 Å². The number of ether oxygens (including phenoxy) is 2. The lowest BCUT2D eigenvalue weighted by atomic mass is 10.0. The lowest BCUT2D eigenvalue weighted by Gasteiger charge is -2.37. The minimum absolute atomic E-state index is 0.0401. The van der Waals surface area contributed by atoms with E-state index in [9.17, 15) is 55.8 Å². The molecule has 0 aromatic heterocycles. The predicted octanol–water partition coefficient (Wildman–Crippen LogP) is 2.40. The molecule has 5 rings (SSSR count). The quantitative estimate of drug-likeness (QED) is 0.204. The predicted molar refractivity (Wildman–Crippen MR) is 201 cm³/mol. The number of fused-ring (bicyclic) bond motifs is 2. The number of likely N-dealkylation sites (N-methyl/N-ethyl adjacent to an activating group) is 1. The minimum Gasteiger partial charge on any atom is -0.458 e. The largest absolute Gasteiger partial charge is 0.573 e. The molecule has 3 heterocycles. The summed E-state index contributed by atoms with van der Waals surface area (Å²) in [5.74, 6) is -6.68. The van der Waals surface area contributed by atoms with Crippen LogP contribution in [0.25, 0.3) is 0 Å². The van der Waals surface area contributed by atoms with Gasteiger partial charge in [-0.15, -0.1) is 13.2 Å². The maximum atomic E-state index is 14.5. The van der Waals surface area contributed by atoms with E-state index in [1.165, 1.54) is 35.6 Å². The van der Waals surface area contributed by atoms with Crippen LogP contribution in [0.1, 0.15) is 52.5 Å². The summed E-state index contributed by atoms with van der Waals surface area (Å²) in [6.45, 7) is 6.40. The summed E-state index contributed by atoms with van der Waals surface area (Å²) in [6.07, 6.45) is -7.63. The second-order valence-corrected chi connectivity index (χ2v) is 15.4. The fourth-order valence-corrected chi connectivity index (χ4v) is 7.54. The number of cyclic esters (lactones) is 1. The number of carbonyl (C=O) groups is 6. The number of aliphatic hydroxyl groups excluding tert-OH is 1. The summed E-state index contributed by atoms with van der Waals surface area (Å²) in [4.78, 5) is 87.2. The van der Waals surface area contributed by atoms with Gasteiger partial charge in [0.25, 0.3) is 0 Å². The highest BCUT2D eigenvalue weighted by atomic mass is 19.4. The number of urea groups is 1. The lowest BCUT2D eigenvalue weighted by Crippen LogP contribution is -2.62. The molecule has 5 N–H and O–H groups in total. The highest BCUT2D eigenvalue weighted by Gasteiger charge is 2.46. The normalized spacial score (nSPS) is 27.5. The number of carbonyl (C=O) groups excluding carboxylic acids is 6. The van der Waals surface area contributed by atoms with E-state index in [4.69, 9.17) is 4.74 Å². The Balaban J connectivity index is 1.47. The molecular formula is C39H48F5N7O9. The van der Waals surface area contributed by atoms with Crippen LogP contribution in [0, 0.1) is 17.6 Å². The number of alkyl halides is 3. The Morgan fingerprint density at radius 1 is 0.950 bits per heavy atom. The van der Waals surface area contributed by atoms with Gasteiger partial charge in [-0.1, -0.05) is 6.92 Å². The molecule has 60 heavy (non-hydrogen) atoms. The number of hydrogen-bond acceptors (Lipinski definition) is 10. The Labute approximate surface area is 342 Å². The Kier molecular flexibility index (Phi) is 14.2. The summed E-state index contributed by atoms with van der Waals surface area (Å²) in [5.41, 5.74) is -0.138. The molecule has 328 valence electrons. The molecular weight excluding hydrogens is 805 g/mol. The van der Waals surface area contributed by atoms with Gasteiger partial charge >= 0.3 is 18.4 Å². The van der Waals surface area contributed by atoms with Crippen molar-refractivity contribution in [3.63, 3.8) is 0 Å². The van der Waals surface area contributed by atoms with Crippen LogP contribution in [0.4, 0.5) is 32.4 Å². The molecule has 0 spiro atoms. The number of nitrogens with one attached hydrogen (secondary N) is 4. The van der Waals surface area contributed by atoms with Crippen molar-refractivity contribution < 1.29 is 65.3 Å². The van der Waals surface area contributed by atoms with Crippen molar-refractivity contribution in [1.82, 2.24) is 30.7 Å². The molecule has 3 aliphatic heterocycles. The number of hydrogen-bond donors (Lipinski definition) is 5. The van der Waals surface area contributed by atoms with E-state index in [-0.39, 0.29) is 43.1 Å². The van der Waals surface area contributed by atoms with Crippen LogP contribution in [0.3, 0.4) is 0 Å². The fraction of sp³-hybridized carbons (Fsp3) is 0.538. The monoisotopic (exact) mass is 853 g/mol. The first-order chi connectivity index (χ1) is 28.1. The summed E-state index contributed by atoms with van der Waals surface area (Å²) in [7, 11) is 1.43. The molecule has 21 heteroatoms. The van der Waals surface area contributed by atoms with Gasteiger partial charge in [0, 0.05) is 38.3 Å². The number of benzene rings is 2. The van der Waals surface area contributed by atoms with E-state index >= 15 is 0 Å². The average molecular weight is 854 g/mol. The highest BCUT2D eigenvalue weighted by Crippen LogP contribution is 2.28. The standard InChI is InChI=1S/C39H48F5N7O9/c1-19-13-30-37(57)59-22(4)31(36(56)50-12-6-7-29(50)35(55)49(5)21(3)32(52)45-20(2)34(54)51(30)18-19)48-33(53)28(16-23-14-24(40)17-25(41)15-23)47-38(58)46-26-8-10-27(11-9-26)60-39(42,43)44/h8-11,14-15,17,19-22,28-32,45,52H,6-7,12-13,16,18H2,1-5H3,(H,48,53)(H2,46,47,58)/t19-,20-,21-,22-,28-,29-,30?,31-,32?/m0/s1.